The van der Waals surface area contributed by atoms with Crippen LogP contribution < -0.4 is 18.9 Å². The lowest BCUT2D eigenvalue weighted by Gasteiger charge is -2.20. The Morgan fingerprint density at radius 3 is 1.23 bits per heavy atom. The maximum Gasteiger partial charge on any atom is 0.122 e. The first-order valence-electron chi connectivity index (χ1n) is 24.2. The highest BCUT2D eigenvalue weighted by Gasteiger charge is 2.20. The minimum absolute atomic E-state index is 0.177. The van der Waals surface area contributed by atoms with Gasteiger partial charge in [0.15, 0.2) is 0 Å². The minimum Gasteiger partial charge on any atom is -0.493 e. The van der Waals surface area contributed by atoms with Crippen LogP contribution in [0.3, 0.4) is 0 Å². The van der Waals surface area contributed by atoms with Crippen LogP contribution in [-0.4, -0.2) is 150 Å². The first-order chi connectivity index (χ1) is 31.2. The van der Waals surface area contributed by atoms with Gasteiger partial charge in [0.1, 0.15) is 23.0 Å². The molecule has 4 aromatic carbocycles. The molecule has 2 aliphatic heterocycles. The van der Waals surface area contributed by atoms with E-state index in [1.165, 1.54) is 59.3 Å². The van der Waals surface area contributed by atoms with E-state index in [0.29, 0.717) is 33.0 Å². The summed E-state index contributed by atoms with van der Waals surface area (Å²) in [6.45, 7) is 22.8. The number of rotatable bonds is 28. The number of benzene rings is 4. The fourth-order valence-electron chi connectivity index (χ4n) is 9.01. The molecule has 0 saturated carbocycles. The van der Waals surface area contributed by atoms with E-state index in [-0.39, 0.29) is 6.10 Å². The first-order valence-corrected chi connectivity index (χ1v) is 24.2. The quantitative estimate of drug-likeness (QED) is 0.0559. The Labute approximate surface area is 385 Å². The van der Waals surface area contributed by atoms with Crippen LogP contribution in [0.5, 0.6) is 23.0 Å². The van der Waals surface area contributed by atoms with E-state index in [9.17, 15) is 5.11 Å². The van der Waals surface area contributed by atoms with Crippen molar-refractivity contribution in [3.8, 4) is 45.3 Å². The highest BCUT2D eigenvalue weighted by atomic mass is 16.5. The average molecular weight is 879 g/mol. The molecule has 6 rings (SSSR count). The summed E-state index contributed by atoms with van der Waals surface area (Å²) in [5, 5.41) is 9.79. The molecule has 350 valence electrons. The molecule has 0 aromatic heterocycles. The molecule has 0 unspecified atom stereocenters. The molecular weight excluding hydrogens is 801 g/mol. The van der Waals surface area contributed by atoms with Gasteiger partial charge in [0.05, 0.1) is 45.7 Å². The molecule has 4 aromatic rings. The Kier molecular flexibility index (Phi) is 20.1. The topological polar surface area (TPSA) is 79.3 Å². The van der Waals surface area contributed by atoms with Crippen molar-refractivity contribution < 1.29 is 28.8 Å². The smallest absolute Gasteiger partial charge is 0.122 e. The molecule has 2 saturated heterocycles. The van der Waals surface area contributed by atoms with Crippen molar-refractivity contribution in [2.24, 2.45) is 0 Å². The summed E-state index contributed by atoms with van der Waals surface area (Å²) in [5.41, 5.74) is 9.39. The van der Waals surface area contributed by atoms with Gasteiger partial charge in [-0.15, -0.1) is 0 Å². The van der Waals surface area contributed by atoms with Gasteiger partial charge in [-0.25, -0.2) is 0 Å². The van der Waals surface area contributed by atoms with E-state index in [0.717, 1.165) is 125 Å². The van der Waals surface area contributed by atoms with Crippen LogP contribution in [-0.2, 0) is 4.74 Å². The van der Waals surface area contributed by atoms with Gasteiger partial charge in [-0.1, -0.05) is 48.5 Å². The van der Waals surface area contributed by atoms with E-state index < -0.39 is 0 Å². The van der Waals surface area contributed by atoms with Crippen LogP contribution in [0.25, 0.3) is 22.3 Å². The molecule has 0 bridgehead atoms. The summed E-state index contributed by atoms with van der Waals surface area (Å²) in [5.74, 6) is 3.77. The van der Waals surface area contributed by atoms with Crippen LogP contribution in [0.15, 0.2) is 72.8 Å². The van der Waals surface area contributed by atoms with Crippen molar-refractivity contribution in [2.45, 2.75) is 78.7 Å². The van der Waals surface area contributed by atoms with E-state index >= 15 is 0 Å². The largest absolute Gasteiger partial charge is 0.493 e. The maximum atomic E-state index is 9.79. The molecule has 10 nitrogen and oxygen atoms in total. The normalized spacial score (nSPS) is 15.7. The van der Waals surface area contributed by atoms with E-state index in [2.05, 4.69) is 134 Å². The standard InChI is InChI=1S/C54H78N4O6/c1-42-47(49-19-11-23-53(44(49)3)63-37-15-30-57-28-7-8-29-57)17-9-21-51(42)61-35-13-26-55(5)33-39-60-40-34-56(6)27-14-36-62-52-22-10-18-48(43(52)2)50-20-12-24-54(45(50)4)64-38-16-31-58-32-25-46(59)41-58/h9-12,17-24,46,59H,7-8,13-16,25-41H2,1-6H3/t46-/m1/s1. The Hall–Kier alpha value is -4.16. The molecule has 2 fully saturated rings. The molecular formula is C54H78N4O6. The third-order valence-electron chi connectivity index (χ3n) is 13.0. The van der Waals surface area contributed by atoms with Crippen LogP contribution >= 0.6 is 0 Å². The molecule has 10 heteroatoms. The predicted octanol–water partition coefficient (Wildman–Crippen LogP) is 9.07. The van der Waals surface area contributed by atoms with E-state index in [1.807, 2.05) is 0 Å². The molecule has 2 aliphatic rings. The zero-order valence-corrected chi connectivity index (χ0v) is 40.0. The number of β-amino-alcohol motifs (C(OH)–C–C–N with tert-alkyl or cyclic N) is 1. The monoisotopic (exact) mass is 879 g/mol. The van der Waals surface area contributed by atoms with Crippen molar-refractivity contribution in [1.29, 1.82) is 0 Å². The number of nitrogens with zero attached hydrogens (tertiary/aromatic N) is 4. The number of aliphatic hydroxyl groups is 1. The second kappa shape index (κ2) is 26.1. The Morgan fingerprint density at radius 1 is 0.484 bits per heavy atom. The van der Waals surface area contributed by atoms with Gasteiger partial charge >= 0.3 is 0 Å². The molecule has 0 radical (unpaired) electrons. The van der Waals surface area contributed by atoms with Crippen LogP contribution in [0.4, 0.5) is 0 Å². The molecule has 1 atom stereocenters. The predicted molar refractivity (Wildman–Crippen MR) is 262 cm³/mol. The number of hydrogen-bond acceptors (Lipinski definition) is 10. The minimum atomic E-state index is -0.177. The third kappa shape index (κ3) is 14.9. The van der Waals surface area contributed by atoms with Crippen molar-refractivity contribution in [3.05, 3.63) is 95.1 Å². The van der Waals surface area contributed by atoms with Crippen molar-refractivity contribution in [2.75, 3.05) is 119 Å². The van der Waals surface area contributed by atoms with Crippen LogP contribution in [0.1, 0.15) is 67.2 Å². The van der Waals surface area contributed by atoms with Crippen molar-refractivity contribution in [1.82, 2.24) is 19.6 Å². The zero-order chi connectivity index (χ0) is 45.1. The third-order valence-corrected chi connectivity index (χ3v) is 13.0. The van der Waals surface area contributed by atoms with Gasteiger partial charge in [0.25, 0.3) is 0 Å². The van der Waals surface area contributed by atoms with Gasteiger partial charge in [-0.3, -0.25) is 0 Å². The number of hydrogen-bond donors (Lipinski definition) is 1. The molecule has 2 heterocycles. The molecule has 1 N–H and O–H groups in total. The van der Waals surface area contributed by atoms with Gasteiger partial charge in [-0.05, 0) is 169 Å². The lowest BCUT2D eigenvalue weighted by atomic mass is 9.95. The van der Waals surface area contributed by atoms with Gasteiger partial charge in [0.2, 0.25) is 0 Å². The van der Waals surface area contributed by atoms with E-state index in [4.69, 9.17) is 23.7 Å². The highest BCUT2D eigenvalue weighted by Crippen LogP contribution is 2.37. The molecule has 64 heavy (non-hydrogen) atoms. The summed E-state index contributed by atoms with van der Waals surface area (Å²) in [4.78, 5) is 9.50. The Morgan fingerprint density at radius 2 is 0.859 bits per heavy atom. The SMILES string of the molecule is Cc1c(OCCCN(C)CCOCCN(C)CCCOc2cccc(-c3cccc(OCCCN4CC[C@@H](O)C4)c3C)c2C)cccc1-c1cccc(OCCCN2CCCC2)c1C. The Bertz CT molecular complexity index is 2000. The molecule has 0 aliphatic carbocycles. The maximum absolute atomic E-state index is 9.79. The second-order valence-corrected chi connectivity index (χ2v) is 18.0. The van der Waals surface area contributed by atoms with Gasteiger partial charge in [0, 0.05) is 52.4 Å². The number of likely N-dealkylation sites (N-methyl/N-ethyl adjacent to an activating group) is 2. The van der Waals surface area contributed by atoms with Crippen LogP contribution in [0.2, 0.25) is 0 Å². The van der Waals surface area contributed by atoms with Gasteiger partial charge < -0.3 is 48.4 Å². The summed E-state index contributed by atoms with van der Waals surface area (Å²) in [6.07, 6.45) is 7.25. The van der Waals surface area contributed by atoms with Gasteiger partial charge in [-0.2, -0.15) is 0 Å². The molecule has 0 amide bonds. The summed E-state index contributed by atoms with van der Waals surface area (Å²) in [7, 11) is 4.31. The second-order valence-electron chi connectivity index (χ2n) is 18.0. The lowest BCUT2D eigenvalue weighted by Crippen LogP contribution is -2.28. The van der Waals surface area contributed by atoms with Crippen LogP contribution in [0, 0.1) is 27.7 Å². The number of likely N-dealkylation sites (tertiary alicyclic amines) is 2. The average Bonchev–Trinajstić information content (AvgIpc) is 3.98. The molecule has 0 spiro atoms. The Balaban J connectivity index is 0.820. The fourth-order valence-corrected chi connectivity index (χ4v) is 9.01. The summed E-state index contributed by atoms with van der Waals surface area (Å²) < 4.78 is 31.2. The highest BCUT2D eigenvalue weighted by molar-refractivity contribution is 5.75. The summed E-state index contributed by atoms with van der Waals surface area (Å²) in [6, 6.07) is 25.4. The number of ether oxygens (including phenoxy) is 5. The van der Waals surface area contributed by atoms with E-state index in [1.54, 1.807) is 0 Å². The van der Waals surface area contributed by atoms with Crippen molar-refractivity contribution >= 4 is 0 Å². The lowest BCUT2D eigenvalue weighted by molar-refractivity contribution is 0.0917. The first kappa shape index (κ1) is 49.3. The number of aliphatic hydroxyl groups excluding tert-OH is 1. The summed E-state index contributed by atoms with van der Waals surface area (Å²) >= 11 is 0. The van der Waals surface area contributed by atoms with Crippen molar-refractivity contribution in [3.63, 3.8) is 0 Å². The fraction of sp³-hybridized carbons (Fsp3) is 0.556. The zero-order valence-electron chi connectivity index (χ0n) is 40.0.